The van der Waals surface area contributed by atoms with Gasteiger partial charge in [0, 0.05) is 3.57 Å². The molecule has 2 N–H and O–H groups in total. The average Bonchev–Trinajstić information content (AvgIpc) is 2.28. The van der Waals surface area contributed by atoms with Gasteiger partial charge in [-0.2, -0.15) is 0 Å². The normalized spacial score (nSPS) is 14.1. The Morgan fingerprint density at radius 2 is 2.29 bits per heavy atom. The van der Waals surface area contributed by atoms with Crippen molar-refractivity contribution in [2.24, 2.45) is 0 Å². The number of carbonyl (C=O) groups excluding carboxylic acids is 1. The first-order chi connectivity index (χ1) is 7.99. The van der Waals surface area contributed by atoms with Gasteiger partial charge in [-0.1, -0.05) is 12.1 Å². The maximum Gasteiger partial charge on any atom is 0.235 e. The lowest BCUT2D eigenvalue weighted by molar-refractivity contribution is -0.120. The van der Waals surface area contributed by atoms with E-state index in [1.165, 1.54) is 0 Å². The fourth-order valence-corrected chi connectivity index (χ4v) is 2.28. The Hall–Kier alpha value is -0.330. The van der Waals surface area contributed by atoms with Crippen LogP contribution in [0.5, 0.6) is 0 Å². The molecule has 94 valence electrons. The minimum Gasteiger partial charge on any atom is -0.394 e. The third-order valence-corrected chi connectivity index (χ3v) is 3.31. The zero-order valence-electron chi connectivity index (χ0n) is 9.54. The number of hydrogen-bond donors (Lipinski definition) is 2. The number of rotatable bonds is 5. The zero-order valence-corrected chi connectivity index (χ0v) is 12.5. The number of benzene rings is 1. The van der Waals surface area contributed by atoms with Crippen LogP contribution < -0.4 is 5.32 Å². The fourth-order valence-electron chi connectivity index (χ4n) is 1.61. The summed E-state index contributed by atoms with van der Waals surface area (Å²) in [5.74, 6) is -0.365. The molecular weight excluding hydrogens is 352 g/mol. The number of halogens is 2. The molecule has 17 heavy (non-hydrogen) atoms. The maximum atomic E-state index is 11.3. The van der Waals surface area contributed by atoms with Crippen molar-refractivity contribution in [2.75, 3.05) is 12.5 Å². The second kappa shape index (κ2) is 6.56. The fraction of sp³-hybridized carbons (Fsp3) is 0.417. The van der Waals surface area contributed by atoms with Crippen molar-refractivity contribution in [1.82, 2.24) is 5.32 Å². The van der Waals surface area contributed by atoms with Crippen LogP contribution in [0.2, 0.25) is 0 Å². The zero-order chi connectivity index (χ0) is 12.9. The van der Waals surface area contributed by atoms with Crippen molar-refractivity contribution in [2.45, 2.75) is 18.9 Å². The highest BCUT2D eigenvalue weighted by atomic mass is 127. The van der Waals surface area contributed by atoms with Gasteiger partial charge in [-0.05, 0) is 53.6 Å². The summed E-state index contributed by atoms with van der Waals surface area (Å²) in [6.07, 6.45) is 0.572. The van der Waals surface area contributed by atoms with Crippen LogP contribution in [0.3, 0.4) is 0 Å². The smallest absolute Gasteiger partial charge is 0.235 e. The van der Waals surface area contributed by atoms with Crippen LogP contribution in [0.1, 0.15) is 12.5 Å². The third kappa shape index (κ3) is 4.81. The number of carbonyl (C=O) groups is 1. The highest BCUT2D eigenvalue weighted by Gasteiger charge is 2.25. The summed E-state index contributed by atoms with van der Waals surface area (Å²) in [7, 11) is 0. The number of hydrogen-bond acceptors (Lipinski definition) is 2. The molecule has 1 aromatic rings. The molecule has 1 amide bonds. The molecule has 1 atom stereocenters. The number of alkyl halides is 1. The first-order valence-electron chi connectivity index (χ1n) is 5.21. The van der Waals surface area contributed by atoms with Crippen LogP contribution in [0.25, 0.3) is 0 Å². The second-order valence-electron chi connectivity index (χ2n) is 4.21. The van der Waals surface area contributed by atoms with E-state index < -0.39 is 5.54 Å². The molecule has 1 unspecified atom stereocenters. The Morgan fingerprint density at radius 1 is 1.59 bits per heavy atom. The molecule has 3 nitrogen and oxygen atoms in total. The first-order valence-corrected chi connectivity index (χ1v) is 6.83. The third-order valence-electron chi connectivity index (χ3n) is 2.39. The molecule has 1 aromatic carbocycles. The van der Waals surface area contributed by atoms with E-state index in [2.05, 4.69) is 27.9 Å². The lowest BCUT2D eigenvalue weighted by Gasteiger charge is -2.28. The van der Waals surface area contributed by atoms with Crippen molar-refractivity contribution in [3.8, 4) is 0 Å². The largest absolute Gasteiger partial charge is 0.394 e. The summed E-state index contributed by atoms with van der Waals surface area (Å²) < 4.78 is 1.13. The molecule has 0 spiro atoms. The van der Waals surface area contributed by atoms with Crippen molar-refractivity contribution < 1.29 is 9.90 Å². The van der Waals surface area contributed by atoms with Crippen LogP contribution in [-0.4, -0.2) is 29.0 Å². The molecule has 0 aliphatic carbocycles. The number of amides is 1. The average molecular weight is 368 g/mol. The van der Waals surface area contributed by atoms with Crippen LogP contribution in [-0.2, 0) is 11.2 Å². The number of aliphatic hydroxyl groups excluding tert-OH is 1. The van der Waals surface area contributed by atoms with Gasteiger partial charge in [0.2, 0.25) is 5.91 Å². The van der Waals surface area contributed by atoms with Crippen molar-refractivity contribution in [3.05, 3.63) is 33.4 Å². The van der Waals surface area contributed by atoms with Gasteiger partial charge in [0.25, 0.3) is 0 Å². The Labute approximate surface area is 120 Å². The molecule has 0 aliphatic rings. The van der Waals surface area contributed by atoms with Crippen LogP contribution in [0.4, 0.5) is 0 Å². The number of nitrogens with one attached hydrogen (secondary N) is 1. The molecule has 5 heteroatoms. The van der Waals surface area contributed by atoms with E-state index in [4.69, 9.17) is 11.6 Å². The van der Waals surface area contributed by atoms with E-state index in [9.17, 15) is 9.90 Å². The highest BCUT2D eigenvalue weighted by molar-refractivity contribution is 14.1. The molecule has 0 saturated heterocycles. The highest BCUT2D eigenvalue weighted by Crippen LogP contribution is 2.15. The Bertz CT molecular complexity index is 400. The van der Waals surface area contributed by atoms with E-state index in [1.807, 2.05) is 24.3 Å². The molecule has 1 rings (SSSR count). The Kier molecular flexibility index (Phi) is 5.69. The Balaban J connectivity index is 2.78. The summed E-state index contributed by atoms with van der Waals surface area (Å²) in [5, 5.41) is 12.1. The van der Waals surface area contributed by atoms with Crippen LogP contribution in [0.15, 0.2) is 24.3 Å². The standard InChI is InChI=1S/C12H15ClINO2/c1-12(8-16,15-11(17)7-13)6-9-3-2-4-10(14)5-9/h2-5,16H,6-8H2,1H3,(H,15,17). The quantitative estimate of drug-likeness (QED) is 0.617. The molecule has 0 saturated carbocycles. The molecule has 0 fully saturated rings. The first kappa shape index (κ1) is 14.7. The lowest BCUT2D eigenvalue weighted by Crippen LogP contribution is -2.51. The second-order valence-corrected chi connectivity index (χ2v) is 5.72. The van der Waals surface area contributed by atoms with Gasteiger partial charge in [-0.25, -0.2) is 0 Å². The van der Waals surface area contributed by atoms with Gasteiger partial charge >= 0.3 is 0 Å². The van der Waals surface area contributed by atoms with Crippen molar-refractivity contribution in [3.63, 3.8) is 0 Å². The SMILES string of the molecule is CC(CO)(Cc1cccc(I)c1)NC(=O)CCl. The van der Waals surface area contributed by atoms with E-state index in [0.717, 1.165) is 9.13 Å². The molecule has 0 aromatic heterocycles. The minimum atomic E-state index is -0.670. The molecule has 0 radical (unpaired) electrons. The summed E-state index contributed by atoms with van der Waals surface area (Å²) in [6, 6.07) is 7.96. The monoisotopic (exact) mass is 367 g/mol. The van der Waals surface area contributed by atoms with Gasteiger partial charge in [-0.3, -0.25) is 4.79 Å². The predicted octanol–water partition coefficient (Wildman–Crippen LogP) is 1.94. The van der Waals surface area contributed by atoms with Gasteiger partial charge in [0.05, 0.1) is 12.1 Å². The lowest BCUT2D eigenvalue weighted by atomic mass is 9.93. The van der Waals surface area contributed by atoms with Gasteiger partial charge in [0.15, 0.2) is 0 Å². The van der Waals surface area contributed by atoms with E-state index >= 15 is 0 Å². The summed E-state index contributed by atoms with van der Waals surface area (Å²) >= 11 is 7.68. The minimum absolute atomic E-state index is 0.0953. The summed E-state index contributed by atoms with van der Waals surface area (Å²) in [4.78, 5) is 11.3. The molecule has 0 heterocycles. The van der Waals surface area contributed by atoms with Gasteiger partial charge in [-0.15, -0.1) is 11.6 Å². The van der Waals surface area contributed by atoms with Crippen molar-refractivity contribution in [1.29, 1.82) is 0 Å². The Morgan fingerprint density at radius 3 is 2.82 bits per heavy atom. The van der Waals surface area contributed by atoms with E-state index in [-0.39, 0.29) is 18.4 Å². The summed E-state index contributed by atoms with van der Waals surface area (Å²) in [5.41, 5.74) is 0.402. The maximum absolute atomic E-state index is 11.3. The van der Waals surface area contributed by atoms with Crippen LogP contribution in [0, 0.1) is 3.57 Å². The van der Waals surface area contributed by atoms with Gasteiger partial charge < -0.3 is 10.4 Å². The summed E-state index contributed by atoms with van der Waals surface area (Å²) in [6.45, 7) is 1.68. The number of aliphatic hydroxyl groups is 1. The molecule has 0 bridgehead atoms. The topological polar surface area (TPSA) is 49.3 Å². The molecular formula is C12H15ClINO2. The molecule has 0 aliphatic heterocycles. The predicted molar refractivity (Wildman–Crippen MR) is 77.2 cm³/mol. The van der Waals surface area contributed by atoms with Crippen LogP contribution >= 0.6 is 34.2 Å². The van der Waals surface area contributed by atoms with E-state index in [1.54, 1.807) is 6.92 Å². The van der Waals surface area contributed by atoms with E-state index in [0.29, 0.717) is 6.42 Å². The van der Waals surface area contributed by atoms with Crippen molar-refractivity contribution >= 4 is 40.1 Å². The van der Waals surface area contributed by atoms with Gasteiger partial charge in [0.1, 0.15) is 5.88 Å².